The van der Waals surface area contributed by atoms with E-state index >= 15 is 0 Å². The number of nitrogens with one attached hydrogen (secondary N) is 1. The second kappa shape index (κ2) is 4.21. The van der Waals surface area contributed by atoms with Crippen LogP contribution in [0.5, 0.6) is 0 Å². The second-order valence-electron chi connectivity index (χ2n) is 2.77. The van der Waals surface area contributed by atoms with Crippen molar-refractivity contribution in [2.75, 3.05) is 13.6 Å². The maximum atomic E-state index is 4.38. The average Bonchev–Trinajstić information content (AvgIpc) is 2.43. The molecule has 0 radical (unpaired) electrons. The Bertz CT molecular complexity index is 241. The van der Waals surface area contributed by atoms with Crippen LogP contribution in [0.1, 0.15) is 18.6 Å². The molecule has 4 nitrogen and oxygen atoms in total. The maximum absolute atomic E-state index is 4.38. The van der Waals surface area contributed by atoms with Crippen LogP contribution < -0.4 is 5.32 Å². The molecule has 12 heavy (non-hydrogen) atoms. The van der Waals surface area contributed by atoms with Crippen LogP contribution in [-0.2, 0) is 19.9 Å². The molecule has 0 amide bonds. The first-order chi connectivity index (χ1) is 5.77. The standard InChI is InChI=1S/C8H16N4/c1-4-8-10-7(5-6-9-2)11-12(8)3/h9H,4-6H2,1-3H3. The van der Waals surface area contributed by atoms with Crippen molar-refractivity contribution in [3.05, 3.63) is 11.6 Å². The van der Waals surface area contributed by atoms with Crippen molar-refractivity contribution >= 4 is 0 Å². The van der Waals surface area contributed by atoms with Gasteiger partial charge in [-0.3, -0.25) is 4.68 Å². The van der Waals surface area contributed by atoms with E-state index in [1.54, 1.807) is 0 Å². The highest BCUT2D eigenvalue weighted by Crippen LogP contribution is 1.97. The Balaban J connectivity index is 2.62. The van der Waals surface area contributed by atoms with Gasteiger partial charge in [0.15, 0.2) is 5.82 Å². The third-order valence-electron chi connectivity index (χ3n) is 1.81. The zero-order valence-electron chi connectivity index (χ0n) is 7.96. The van der Waals surface area contributed by atoms with Crippen LogP contribution in [0.3, 0.4) is 0 Å². The van der Waals surface area contributed by atoms with Crippen molar-refractivity contribution in [3.63, 3.8) is 0 Å². The first kappa shape index (κ1) is 9.19. The lowest BCUT2D eigenvalue weighted by Gasteiger charge is -1.91. The highest BCUT2D eigenvalue weighted by atomic mass is 15.3. The van der Waals surface area contributed by atoms with E-state index in [4.69, 9.17) is 0 Å². The molecule has 0 spiro atoms. The third kappa shape index (κ3) is 2.04. The fourth-order valence-electron chi connectivity index (χ4n) is 1.13. The molecule has 0 bridgehead atoms. The van der Waals surface area contributed by atoms with E-state index in [1.165, 1.54) is 0 Å². The van der Waals surface area contributed by atoms with Gasteiger partial charge in [-0.1, -0.05) is 6.92 Å². The summed E-state index contributed by atoms with van der Waals surface area (Å²) in [5.74, 6) is 1.99. The summed E-state index contributed by atoms with van der Waals surface area (Å²) in [7, 11) is 3.87. The van der Waals surface area contributed by atoms with Crippen LogP contribution in [0, 0.1) is 0 Å². The normalized spacial score (nSPS) is 10.6. The van der Waals surface area contributed by atoms with Crippen LogP contribution in [0.25, 0.3) is 0 Å². The fraction of sp³-hybridized carbons (Fsp3) is 0.750. The van der Waals surface area contributed by atoms with E-state index in [9.17, 15) is 0 Å². The highest BCUT2D eigenvalue weighted by molar-refractivity contribution is 4.92. The van der Waals surface area contributed by atoms with E-state index in [0.29, 0.717) is 0 Å². The molecular formula is C8H16N4. The lowest BCUT2D eigenvalue weighted by atomic mass is 10.4. The Labute approximate surface area is 73.0 Å². The molecule has 0 aliphatic rings. The molecule has 68 valence electrons. The van der Waals surface area contributed by atoms with Crippen LogP contribution >= 0.6 is 0 Å². The number of hydrogen-bond acceptors (Lipinski definition) is 3. The van der Waals surface area contributed by atoms with Crippen molar-refractivity contribution in [2.45, 2.75) is 19.8 Å². The largest absolute Gasteiger partial charge is 0.319 e. The van der Waals surface area contributed by atoms with E-state index < -0.39 is 0 Å². The molecule has 0 atom stereocenters. The minimum atomic E-state index is 0.907. The average molecular weight is 168 g/mol. The first-order valence-corrected chi connectivity index (χ1v) is 4.31. The summed E-state index contributed by atoms with van der Waals surface area (Å²) >= 11 is 0. The number of aryl methyl sites for hydroxylation is 2. The fourth-order valence-corrected chi connectivity index (χ4v) is 1.13. The highest BCUT2D eigenvalue weighted by Gasteiger charge is 2.03. The molecule has 0 aliphatic heterocycles. The summed E-state index contributed by atoms with van der Waals surface area (Å²) in [6, 6.07) is 0. The molecular weight excluding hydrogens is 152 g/mol. The summed E-state index contributed by atoms with van der Waals surface area (Å²) < 4.78 is 1.85. The number of likely N-dealkylation sites (N-methyl/N-ethyl adjacent to an activating group) is 1. The molecule has 1 aromatic heterocycles. The summed E-state index contributed by atoms with van der Waals surface area (Å²) in [5.41, 5.74) is 0. The Morgan fingerprint density at radius 3 is 2.75 bits per heavy atom. The van der Waals surface area contributed by atoms with E-state index in [1.807, 2.05) is 18.8 Å². The summed E-state index contributed by atoms with van der Waals surface area (Å²) in [4.78, 5) is 4.38. The molecule has 1 rings (SSSR count). The second-order valence-corrected chi connectivity index (χ2v) is 2.77. The predicted molar refractivity (Wildman–Crippen MR) is 48.0 cm³/mol. The van der Waals surface area contributed by atoms with Crippen molar-refractivity contribution in [1.29, 1.82) is 0 Å². The first-order valence-electron chi connectivity index (χ1n) is 4.31. The van der Waals surface area contributed by atoms with Crippen molar-refractivity contribution < 1.29 is 0 Å². The molecule has 0 fully saturated rings. The molecule has 1 N–H and O–H groups in total. The van der Waals surface area contributed by atoms with E-state index in [0.717, 1.165) is 31.0 Å². The molecule has 0 aromatic carbocycles. The topological polar surface area (TPSA) is 42.7 Å². The van der Waals surface area contributed by atoms with Crippen molar-refractivity contribution in [2.24, 2.45) is 7.05 Å². The molecule has 0 unspecified atom stereocenters. The molecule has 1 aromatic rings. The van der Waals surface area contributed by atoms with Gasteiger partial charge in [0.05, 0.1) is 0 Å². The summed E-state index contributed by atoms with van der Waals surface area (Å²) in [6.45, 7) is 3.03. The van der Waals surface area contributed by atoms with Crippen LogP contribution in [0.2, 0.25) is 0 Å². The quantitative estimate of drug-likeness (QED) is 0.695. The van der Waals surface area contributed by atoms with Gasteiger partial charge in [-0.15, -0.1) is 0 Å². The zero-order chi connectivity index (χ0) is 8.97. The number of rotatable bonds is 4. The number of nitrogens with zero attached hydrogens (tertiary/aromatic N) is 3. The lowest BCUT2D eigenvalue weighted by molar-refractivity contribution is 0.690. The van der Waals surface area contributed by atoms with Gasteiger partial charge < -0.3 is 5.32 Å². The smallest absolute Gasteiger partial charge is 0.152 e. The van der Waals surface area contributed by atoms with Crippen LogP contribution in [0.15, 0.2) is 0 Å². The van der Waals surface area contributed by atoms with Gasteiger partial charge in [-0.25, -0.2) is 4.98 Å². The van der Waals surface area contributed by atoms with E-state index in [2.05, 4.69) is 22.3 Å². The van der Waals surface area contributed by atoms with Gasteiger partial charge in [0, 0.05) is 26.4 Å². The molecule has 0 aliphatic carbocycles. The van der Waals surface area contributed by atoms with Gasteiger partial charge in [-0.05, 0) is 7.05 Å². The Hall–Kier alpha value is -0.900. The van der Waals surface area contributed by atoms with Crippen molar-refractivity contribution in [1.82, 2.24) is 20.1 Å². The SMILES string of the molecule is CCc1nc(CCNC)nn1C. The van der Waals surface area contributed by atoms with Gasteiger partial charge in [0.1, 0.15) is 5.82 Å². The third-order valence-corrected chi connectivity index (χ3v) is 1.81. The van der Waals surface area contributed by atoms with Crippen LogP contribution in [-0.4, -0.2) is 28.4 Å². The summed E-state index contributed by atoms with van der Waals surface area (Å²) in [5, 5.41) is 7.36. The van der Waals surface area contributed by atoms with Gasteiger partial charge >= 0.3 is 0 Å². The Kier molecular flexibility index (Phi) is 3.22. The minimum Gasteiger partial charge on any atom is -0.319 e. The number of aromatic nitrogens is 3. The van der Waals surface area contributed by atoms with Gasteiger partial charge in [-0.2, -0.15) is 5.10 Å². The summed E-state index contributed by atoms with van der Waals surface area (Å²) in [6.07, 6.45) is 1.85. The Morgan fingerprint density at radius 2 is 2.25 bits per heavy atom. The minimum absolute atomic E-state index is 0.907. The lowest BCUT2D eigenvalue weighted by Crippen LogP contribution is -2.11. The maximum Gasteiger partial charge on any atom is 0.152 e. The Morgan fingerprint density at radius 1 is 1.50 bits per heavy atom. The predicted octanol–water partition coefficient (Wildman–Crippen LogP) is 0.139. The molecule has 0 saturated carbocycles. The van der Waals surface area contributed by atoms with Crippen molar-refractivity contribution in [3.8, 4) is 0 Å². The molecule has 1 heterocycles. The molecule has 0 saturated heterocycles. The van der Waals surface area contributed by atoms with E-state index in [-0.39, 0.29) is 0 Å². The number of hydrogen-bond donors (Lipinski definition) is 1. The monoisotopic (exact) mass is 168 g/mol. The molecule has 4 heteroatoms. The van der Waals surface area contributed by atoms with Gasteiger partial charge in [0.25, 0.3) is 0 Å². The zero-order valence-corrected chi connectivity index (χ0v) is 7.96. The van der Waals surface area contributed by atoms with Gasteiger partial charge in [0.2, 0.25) is 0 Å². The van der Waals surface area contributed by atoms with Crippen LogP contribution in [0.4, 0.5) is 0 Å².